The van der Waals surface area contributed by atoms with Crippen molar-refractivity contribution in [2.75, 3.05) is 30.0 Å². The number of anilines is 1. The summed E-state index contributed by atoms with van der Waals surface area (Å²) in [4.78, 5) is 11.4. The van der Waals surface area contributed by atoms with Crippen LogP contribution >= 0.6 is 0 Å². The van der Waals surface area contributed by atoms with E-state index >= 15 is 0 Å². The highest BCUT2D eigenvalue weighted by Crippen LogP contribution is 2.29. The molecule has 1 aromatic rings. The first-order chi connectivity index (χ1) is 9.94. The Morgan fingerprint density at radius 3 is 2.71 bits per heavy atom. The SMILES string of the molecule is Cc1nc2c(c(N(C)CC3CCS(=O)(=O)C3)n1)CCCC2. The van der Waals surface area contributed by atoms with Crippen LogP contribution < -0.4 is 4.90 Å². The molecule has 5 nitrogen and oxygen atoms in total. The van der Waals surface area contributed by atoms with Gasteiger partial charge in [-0.1, -0.05) is 0 Å². The van der Waals surface area contributed by atoms with E-state index in [9.17, 15) is 8.42 Å². The highest BCUT2D eigenvalue weighted by molar-refractivity contribution is 7.91. The number of hydrogen-bond donors (Lipinski definition) is 0. The monoisotopic (exact) mass is 309 g/mol. The summed E-state index contributed by atoms with van der Waals surface area (Å²) in [6.45, 7) is 2.70. The highest BCUT2D eigenvalue weighted by Gasteiger charge is 2.29. The molecule has 2 aliphatic rings. The second kappa shape index (κ2) is 5.55. The Morgan fingerprint density at radius 2 is 2.00 bits per heavy atom. The van der Waals surface area contributed by atoms with Crippen LogP contribution in [0.3, 0.4) is 0 Å². The molecule has 1 atom stereocenters. The van der Waals surface area contributed by atoms with Crippen molar-refractivity contribution >= 4 is 15.7 Å². The van der Waals surface area contributed by atoms with Gasteiger partial charge in [-0.05, 0) is 44.9 Å². The summed E-state index contributed by atoms with van der Waals surface area (Å²) >= 11 is 0. The molecule has 0 aromatic carbocycles. The van der Waals surface area contributed by atoms with Crippen molar-refractivity contribution in [1.29, 1.82) is 0 Å². The lowest BCUT2D eigenvalue weighted by Crippen LogP contribution is -2.29. The smallest absolute Gasteiger partial charge is 0.150 e. The normalized spacial score (nSPS) is 23.8. The third-order valence-electron chi connectivity index (χ3n) is 4.49. The first-order valence-electron chi connectivity index (χ1n) is 7.72. The van der Waals surface area contributed by atoms with Gasteiger partial charge in [0.25, 0.3) is 0 Å². The molecule has 0 bridgehead atoms. The molecule has 0 saturated carbocycles. The van der Waals surface area contributed by atoms with Gasteiger partial charge in [0.2, 0.25) is 0 Å². The molecule has 2 heterocycles. The summed E-state index contributed by atoms with van der Waals surface area (Å²) in [5.74, 6) is 2.73. The molecule has 6 heteroatoms. The predicted molar refractivity (Wildman–Crippen MR) is 83.4 cm³/mol. The summed E-state index contributed by atoms with van der Waals surface area (Å²) in [5.41, 5.74) is 2.46. The number of aromatic nitrogens is 2. The van der Waals surface area contributed by atoms with E-state index < -0.39 is 9.84 Å². The maximum Gasteiger partial charge on any atom is 0.150 e. The summed E-state index contributed by atoms with van der Waals surface area (Å²) < 4.78 is 23.2. The fourth-order valence-electron chi connectivity index (χ4n) is 3.50. The van der Waals surface area contributed by atoms with Gasteiger partial charge in [0, 0.05) is 24.8 Å². The molecule has 1 aliphatic heterocycles. The second-order valence-electron chi connectivity index (χ2n) is 6.38. The van der Waals surface area contributed by atoms with E-state index in [1.54, 1.807) is 0 Å². The van der Waals surface area contributed by atoms with Crippen LogP contribution in [0.15, 0.2) is 0 Å². The van der Waals surface area contributed by atoms with Crippen LogP contribution in [0.4, 0.5) is 5.82 Å². The van der Waals surface area contributed by atoms with E-state index in [0.717, 1.165) is 37.4 Å². The predicted octanol–water partition coefficient (Wildman–Crippen LogP) is 1.53. The molecule has 116 valence electrons. The fourth-order valence-corrected chi connectivity index (χ4v) is 5.35. The summed E-state index contributed by atoms with van der Waals surface area (Å²) in [6, 6.07) is 0. The van der Waals surface area contributed by atoms with Crippen LogP contribution in [0.5, 0.6) is 0 Å². The maximum atomic E-state index is 11.6. The minimum absolute atomic E-state index is 0.231. The van der Waals surface area contributed by atoms with Crippen molar-refractivity contribution in [3.63, 3.8) is 0 Å². The van der Waals surface area contributed by atoms with Crippen LogP contribution in [0, 0.1) is 12.8 Å². The van der Waals surface area contributed by atoms with E-state index in [1.807, 2.05) is 14.0 Å². The van der Waals surface area contributed by atoms with Crippen LogP contribution in [-0.2, 0) is 22.7 Å². The van der Waals surface area contributed by atoms with E-state index in [4.69, 9.17) is 0 Å². The molecule has 0 N–H and O–H groups in total. The van der Waals surface area contributed by atoms with E-state index in [-0.39, 0.29) is 5.92 Å². The molecular weight excluding hydrogens is 286 g/mol. The molecule has 1 aliphatic carbocycles. The van der Waals surface area contributed by atoms with Crippen LogP contribution in [-0.4, -0.2) is 43.5 Å². The largest absolute Gasteiger partial charge is 0.359 e. The molecule has 0 radical (unpaired) electrons. The Bertz CT molecular complexity index is 643. The van der Waals surface area contributed by atoms with Crippen molar-refractivity contribution < 1.29 is 8.42 Å². The second-order valence-corrected chi connectivity index (χ2v) is 8.61. The Kier molecular flexibility index (Phi) is 3.90. The summed E-state index contributed by atoms with van der Waals surface area (Å²) in [6.07, 6.45) is 5.25. The van der Waals surface area contributed by atoms with Gasteiger partial charge < -0.3 is 4.90 Å². The molecule has 1 unspecified atom stereocenters. The third kappa shape index (κ3) is 3.20. The average Bonchev–Trinajstić information content (AvgIpc) is 2.76. The Morgan fingerprint density at radius 1 is 1.24 bits per heavy atom. The van der Waals surface area contributed by atoms with Gasteiger partial charge in [0.05, 0.1) is 11.5 Å². The molecule has 1 aromatic heterocycles. The number of sulfone groups is 1. The van der Waals surface area contributed by atoms with Crippen molar-refractivity contribution in [3.8, 4) is 0 Å². The minimum Gasteiger partial charge on any atom is -0.359 e. The van der Waals surface area contributed by atoms with Gasteiger partial charge in [0.15, 0.2) is 9.84 Å². The molecular formula is C15H23N3O2S. The minimum atomic E-state index is -2.81. The number of aryl methyl sites for hydroxylation is 2. The zero-order valence-corrected chi connectivity index (χ0v) is 13.6. The van der Waals surface area contributed by atoms with Gasteiger partial charge in [0.1, 0.15) is 11.6 Å². The standard InChI is InChI=1S/C15H23N3O2S/c1-11-16-14-6-4-3-5-13(14)15(17-11)18(2)9-12-7-8-21(19,20)10-12/h12H,3-10H2,1-2H3. The molecule has 1 fully saturated rings. The topological polar surface area (TPSA) is 63.2 Å². The van der Waals surface area contributed by atoms with Gasteiger partial charge in [-0.3, -0.25) is 0 Å². The third-order valence-corrected chi connectivity index (χ3v) is 6.33. The van der Waals surface area contributed by atoms with Crippen LogP contribution in [0.25, 0.3) is 0 Å². The Hall–Kier alpha value is -1.17. The quantitative estimate of drug-likeness (QED) is 0.847. The lowest BCUT2D eigenvalue weighted by molar-refractivity contribution is 0.575. The molecule has 1 saturated heterocycles. The van der Waals surface area contributed by atoms with E-state index in [0.29, 0.717) is 11.5 Å². The van der Waals surface area contributed by atoms with Crippen molar-refractivity contribution in [2.24, 2.45) is 5.92 Å². The van der Waals surface area contributed by atoms with Gasteiger partial charge in [-0.15, -0.1) is 0 Å². The maximum absolute atomic E-state index is 11.6. The zero-order chi connectivity index (χ0) is 15.0. The lowest BCUT2D eigenvalue weighted by atomic mass is 9.96. The summed E-state index contributed by atoms with van der Waals surface area (Å²) in [7, 11) is -0.779. The number of rotatable bonds is 3. The lowest BCUT2D eigenvalue weighted by Gasteiger charge is -2.27. The molecule has 3 rings (SSSR count). The van der Waals surface area contributed by atoms with Gasteiger partial charge >= 0.3 is 0 Å². The van der Waals surface area contributed by atoms with Crippen LogP contribution in [0.1, 0.15) is 36.3 Å². The fraction of sp³-hybridized carbons (Fsp3) is 0.733. The first-order valence-corrected chi connectivity index (χ1v) is 9.55. The molecule has 0 spiro atoms. The first kappa shape index (κ1) is 14.8. The van der Waals surface area contributed by atoms with E-state index in [2.05, 4.69) is 14.9 Å². The number of hydrogen-bond acceptors (Lipinski definition) is 5. The number of nitrogens with zero attached hydrogens (tertiary/aromatic N) is 3. The molecule has 21 heavy (non-hydrogen) atoms. The number of fused-ring (bicyclic) bond motifs is 1. The van der Waals surface area contributed by atoms with Gasteiger partial charge in [-0.2, -0.15) is 0 Å². The van der Waals surface area contributed by atoms with Crippen molar-refractivity contribution in [2.45, 2.75) is 39.0 Å². The summed E-state index contributed by atoms with van der Waals surface area (Å²) in [5, 5.41) is 0. The van der Waals surface area contributed by atoms with Crippen LogP contribution in [0.2, 0.25) is 0 Å². The molecule has 0 amide bonds. The average molecular weight is 309 g/mol. The Balaban J connectivity index is 1.81. The van der Waals surface area contributed by atoms with Crippen molar-refractivity contribution in [1.82, 2.24) is 9.97 Å². The van der Waals surface area contributed by atoms with Gasteiger partial charge in [-0.25, -0.2) is 18.4 Å². The highest BCUT2D eigenvalue weighted by atomic mass is 32.2. The Labute approximate surface area is 126 Å². The van der Waals surface area contributed by atoms with E-state index in [1.165, 1.54) is 24.1 Å². The zero-order valence-electron chi connectivity index (χ0n) is 12.8. The van der Waals surface area contributed by atoms with Crippen molar-refractivity contribution in [3.05, 3.63) is 17.1 Å².